The molecule has 4 atom stereocenters. The molecule has 0 saturated heterocycles. The normalized spacial score (nSPS) is 19.5. The molecule has 0 bridgehead atoms. The number of carbonyl (C=O) groups is 1. The van der Waals surface area contributed by atoms with Crippen LogP contribution in [0.5, 0.6) is 0 Å². The van der Waals surface area contributed by atoms with Crippen molar-refractivity contribution in [2.75, 3.05) is 6.61 Å². The third-order valence-corrected chi connectivity index (χ3v) is 1.42. The van der Waals surface area contributed by atoms with Gasteiger partial charge in [0.25, 0.3) is 0 Å². The number of rotatable bonds is 5. The molecule has 0 aromatic carbocycles. The summed E-state index contributed by atoms with van der Waals surface area (Å²) in [7, 11) is 0. The third kappa shape index (κ3) is 4.81. The standard InChI is InChI=1S/C6H12O6.W/c7-1-3(9)5(11)6(12)4(10)2-8;/h1,3-6,8-12H,2H2;/t3-,4+,5+,6+;/m0./s1. The van der Waals surface area contributed by atoms with Gasteiger partial charge >= 0.3 is 0 Å². The van der Waals surface area contributed by atoms with Gasteiger partial charge in [0.1, 0.15) is 24.4 Å². The summed E-state index contributed by atoms with van der Waals surface area (Å²) in [4.78, 5) is 9.90. The molecule has 0 radical (unpaired) electrons. The molecule has 0 heterocycles. The number of hydrogen-bond acceptors (Lipinski definition) is 6. The van der Waals surface area contributed by atoms with Gasteiger partial charge in [0, 0.05) is 21.1 Å². The summed E-state index contributed by atoms with van der Waals surface area (Å²) in [6.07, 6.45) is -6.84. The van der Waals surface area contributed by atoms with E-state index in [-0.39, 0.29) is 27.4 Å². The van der Waals surface area contributed by atoms with Gasteiger partial charge in [-0.2, -0.15) is 0 Å². The smallest absolute Gasteiger partial charge is 0.151 e. The molecule has 7 heteroatoms. The number of hydrogen-bond donors (Lipinski definition) is 5. The Balaban J connectivity index is 0. The number of carbonyl (C=O) groups excluding carboxylic acids is 1. The average Bonchev–Trinajstić information content (AvgIpc) is 2.12. The molecule has 0 unspecified atom stereocenters. The predicted octanol–water partition coefficient (Wildman–Crippen LogP) is -3.38. The minimum absolute atomic E-state index is 0. The van der Waals surface area contributed by atoms with Gasteiger partial charge in [-0.3, -0.25) is 0 Å². The Morgan fingerprint density at radius 1 is 1.08 bits per heavy atom. The topological polar surface area (TPSA) is 118 Å². The van der Waals surface area contributed by atoms with E-state index in [0.717, 1.165) is 0 Å². The van der Waals surface area contributed by atoms with Gasteiger partial charge in [0.05, 0.1) is 6.61 Å². The monoisotopic (exact) mass is 364 g/mol. The minimum Gasteiger partial charge on any atom is -0.394 e. The minimum atomic E-state index is -1.79. The van der Waals surface area contributed by atoms with Crippen LogP contribution in [0, 0.1) is 0 Å². The van der Waals surface area contributed by atoms with E-state index in [0.29, 0.717) is 0 Å². The average molecular weight is 364 g/mol. The van der Waals surface area contributed by atoms with Crippen LogP contribution in [0.4, 0.5) is 0 Å². The summed E-state index contributed by atoms with van der Waals surface area (Å²) < 4.78 is 0. The van der Waals surface area contributed by atoms with Crippen molar-refractivity contribution in [1.29, 1.82) is 0 Å². The van der Waals surface area contributed by atoms with Crippen molar-refractivity contribution in [2.45, 2.75) is 24.4 Å². The Morgan fingerprint density at radius 3 is 1.85 bits per heavy atom. The Kier molecular flexibility index (Phi) is 9.08. The molecule has 0 aliphatic heterocycles. The van der Waals surface area contributed by atoms with E-state index in [2.05, 4.69) is 0 Å². The van der Waals surface area contributed by atoms with Crippen LogP contribution < -0.4 is 0 Å². The van der Waals surface area contributed by atoms with Crippen LogP contribution in [0.3, 0.4) is 0 Å². The van der Waals surface area contributed by atoms with Crippen molar-refractivity contribution in [2.24, 2.45) is 0 Å². The third-order valence-electron chi connectivity index (χ3n) is 1.42. The molecule has 0 amide bonds. The van der Waals surface area contributed by atoms with Gasteiger partial charge in [-0.25, -0.2) is 0 Å². The molecule has 0 spiro atoms. The zero-order chi connectivity index (χ0) is 9.72. The fraction of sp³-hybridized carbons (Fsp3) is 0.833. The summed E-state index contributed by atoms with van der Waals surface area (Å²) in [5, 5.41) is 43.5. The van der Waals surface area contributed by atoms with Crippen molar-refractivity contribution in [1.82, 2.24) is 0 Å². The van der Waals surface area contributed by atoms with E-state index in [1.165, 1.54) is 0 Å². The van der Waals surface area contributed by atoms with Crippen molar-refractivity contribution in [3.63, 3.8) is 0 Å². The Labute approximate surface area is 89.1 Å². The zero-order valence-electron chi connectivity index (χ0n) is 6.65. The van der Waals surface area contributed by atoms with Gasteiger partial charge in [-0.05, 0) is 0 Å². The van der Waals surface area contributed by atoms with Crippen molar-refractivity contribution in [3.8, 4) is 0 Å². The van der Waals surface area contributed by atoms with Gasteiger partial charge in [0.2, 0.25) is 0 Å². The molecule has 13 heavy (non-hydrogen) atoms. The van der Waals surface area contributed by atoms with Gasteiger partial charge in [-0.1, -0.05) is 0 Å². The maximum Gasteiger partial charge on any atom is 0.151 e. The Hall–Kier alpha value is 0.158. The van der Waals surface area contributed by atoms with Crippen LogP contribution in [0.1, 0.15) is 0 Å². The van der Waals surface area contributed by atoms with Crippen LogP contribution in [-0.4, -0.2) is 62.8 Å². The maximum absolute atomic E-state index is 9.90. The molecule has 78 valence electrons. The first-order chi connectivity index (χ1) is 5.54. The van der Waals surface area contributed by atoms with Crippen LogP contribution in [0.2, 0.25) is 0 Å². The van der Waals surface area contributed by atoms with E-state index in [1.807, 2.05) is 0 Å². The van der Waals surface area contributed by atoms with Crippen LogP contribution in [-0.2, 0) is 25.9 Å². The second-order valence-corrected chi connectivity index (χ2v) is 2.36. The quantitative estimate of drug-likeness (QED) is 0.325. The molecule has 0 saturated carbocycles. The first-order valence-corrected chi connectivity index (χ1v) is 3.33. The first-order valence-electron chi connectivity index (χ1n) is 3.33. The number of aliphatic hydroxyl groups excluding tert-OH is 5. The molecule has 0 fully saturated rings. The Bertz CT molecular complexity index is 143. The first kappa shape index (κ1) is 15.6. The molecular formula is C6H12O6W. The zero-order valence-corrected chi connectivity index (χ0v) is 9.58. The predicted molar refractivity (Wildman–Crippen MR) is 37.2 cm³/mol. The summed E-state index contributed by atoms with van der Waals surface area (Å²) in [5.41, 5.74) is 0. The fourth-order valence-electron chi connectivity index (χ4n) is 0.618. The second kappa shape index (κ2) is 7.55. The molecule has 0 aromatic rings. The Morgan fingerprint density at radius 2 is 1.54 bits per heavy atom. The molecule has 0 rings (SSSR count). The molecular weight excluding hydrogens is 352 g/mol. The molecule has 0 aromatic heterocycles. The van der Waals surface area contributed by atoms with Crippen molar-refractivity contribution >= 4 is 6.29 Å². The summed E-state index contributed by atoms with van der Waals surface area (Å²) in [5.74, 6) is 0. The summed E-state index contributed by atoms with van der Waals surface area (Å²) in [6, 6.07) is 0. The van der Waals surface area contributed by atoms with Crippen LogP contribution in [0.25, 0.3) is 0 Å². The van der Waals surface area contributed by atoms with Gasteiger partial charge in [0.15, 0.2) is 6.29 Å². The largest absolute Gasteiger partial charge is 0.394 e. The summed E-state index contributed by atoms with van der Waals surface area (Å²) in [6.45, 7) is -0.760. The second-order valence-electron chi connectivity index (χ2n) is 2.36. The number of aliphatic hydroxyl groups is 5. The molecule has 5 N–H and O–H groups in total. The molecule has 0 aliphatic carbocycles. The number of aldehydes is 1. The van der Waals surface area contributed by atoms with Gasteiger partial charge < -0.3 is 30.3 Å². The van der Waals surface area contributed by atoms with Crippen molar-refractivity contribution < 1.29 is 51.4 Å². The van der Waals surface area contributed by atoms with E-state index in [9.17, 15) is 4.79 Å². The SMILES string of the molecule is O=C[C@H](O)[C@@H](O)[C@H](O)[C@H](O)CO.[W]. The van der Waals surface area contributed by atoms with Gasteiger partial charge in [-0.15, -0.1) is 0 Å². The van der Waals surface area contributed by atoms with E-state index in [4.69, 9.17) is 25.5 Å². The van der Waals surface area contributed by atoms with E-state index < -0.39 is 31.0 Å². The van der Waals surface area contributed by atoms with Crippen LogP contribution in [0.15, 0.2) is 0 Å². The van der Waals surface area contributed by atoms with E-state index in [1.54, 1.807) is 0 Å². The van der Waals surface area contributed by atoms with Crippen LogP contribution >= 0.6 is 0 Å². The molecule has 0 aliphatic rings. The fourth-order valence-corrected chi connectivity index (χ4v) is 0.618. The summed E-state index contributed by atoms with van der Waals surface area (Å²) >= 11 is 0. The van der Waals surface area contributed by atoms with Crippen molar-refractivity contribution in [3.05, 3.63) is 0 Å². The van der Waals surface area contributed by atoms with E-state index >= 15 is 0 Å². The maximum atomic E-state index is 9.90. The molecule has 6 nitrogen and oxygen atoms in total.